The summed E-state index contributed by atoms with van der Waals surface area (Å²) in [6, 6.07) is 5.74. The number of nitrogens with zero attached hydrogens (tertiary/aromatic N) is 2. The molecule has 0 saturated carbocycles. The molecule has 122 valence electrons. The molecule has 24 heavy (non-hydrogen) atoms. The number of carbonyl (C=O) groups excluding carboxylic acids is 4. The van der Waals surface area contributed by atoms with E-state index in [1.807, 2.05) is 0 Å². The van der Waals surface area contributed by atoms with Gasteiger partial charge in [-0.05, 0) is 24.3 Å². The summed E-state index contributed by atoms with van der Waals surface area (Å²) in [7, 11) is 0. The zero-order valence-corrected chi connectivity index (χ0v) is 12.4. The first kappa shape index (κ1) is 16.9. The zero-order chi connectivity index (χ0) is 17.5. The van der Waals surface area contributed by atoms with E-state index in [9.17, 15) is 19.2 Å². The average Bonchev–Trinajstić information content (AvgIpc) is 2.90. The first-order chi connectivity index (χ1) is 11.6. The second-order valence-corrected chi connectivity index (χ2v) is 4.67. The molecular formula is C16H12N2O6. The number of carbonyl (C=O) groups is 4. The van der Waals surface area contributed by atoms with Gasteiger partial charge in [0.25, 0.3) is 11.8 Å². The van der Waals surface area contributed by atoms with E-state index in [0.717, 1.165) is 0 Å². The quantitative estimate of drug-likeness (QED) is 0.437. The molecule has 0 radical (unpaired) electrons. The highest BCUT2D eigenvalue weighted by Gasteiger charge is 2.33. The molecule has 8 nitrogen and oxygen atoms in total. The van der Waals surface area contributed by atoms with Crippen LogP contribution in [0, 0.1) is 11.3 Å². The Morgan fingerprint density at radius 3 is 2.62 bits per heavy atom. The molecule has 8 heteroatoms. The number of ether oxygens (including phenoxy) is 1. The van der Waals surface area contributed by atoms with Gasteiger partial charge in [-0.3, -0.25) is 14.4 Å². The standard InChI is InChI=1S/C16H12N2O6/c17-7-1-2-8-23-13-4-3-11(9-12(13)10-19)16(22)24-18-14(20)5-6-15(18)21/h1-4,9-10H,5-6,8H2/b2-1+. The number of imide groups is 1. The molecule has 1 heterocycles. The van der Waals surface area contributed by atoms with Crippen molar-refractivity contribution < 1.29 is 28.8 Å². The van der Waals surface area contributed by atoms with E-state index in [4.69, 9.17) is 14.8 Å². The first-order valence-corrected chi connectivity index (χ1v) is 6.91. The van der Waals surface area contributed by atoms with Gasteiger partial charge in [0.05, 0.1) is 17.2 Å². The van der Waals surface area contributed by atoms with E-state index < -0.39 is 17.8 Å². The molecule has 0 aliphatic carbocycles. The van der Waals surface area contributed by atoms with Crippen LogP contribution in [0.4, 0.5) is 0 Å². The highest BCUT2D eigenvalue weighted by atomic mass is 16.7. The minimum atomic E-state index is -0.933. The van der Waals surface area contributed by atoms with Crippen LogP contribution in [0.1, 0.15) is 33.6 Å². The van der Waals surface area contributed by atoms with E-state index in [0.29, 0.717) is 11.3 Å². The zero-order valence-electron chi connectivity index (χ0n) is 12.4. The van der Waals surface area contributed by atoms with Gasteiger partial charge in [0.2, 0.25) is 0 Å². The Morgan fingerprint density at radius 2 is 2.00 bits per heavy atom. The molecule has 2 rings (SSSR count). The van der Waals surface area contributed by atoms with Gasteiger partial charge in [-0.2, -0.15) is 5.26 Å². The summed E-state index contributed by atoms with van der Waals surface area (Å²) in [5.41, 5.74) is 0.0819. The lowest BCUT2D eigenvalue weighted by molar-refractivity contribution is -0.172. The second-order valence-electron chi connectivity index (χ2n) is 4.67. The molecule has 0 spiro atoms. The number of hydrogen-bond acceptors (Lipinski definition) is 7. The largest absolute Gasteiger partial charge is 0.489 e. The van der Waals surface area contributed by atoms with Crippen LogP contribution in [0.3, 0.4) is 0 Å². The molecule has 1 saturated heterocycles. The lowest BCUT2D eigenvalue weighted by Crippen LogP contribution is -2.32. The minimum absolute atomic E-state index is 0.00526. The highest BCUT2D eigenvalue weighted by molar-refractivity contribution is 6.03. The summed E-state index contributed by atoms with van der Waals surface area (Å²) in [6.45, 7) is 0.0783. The maximum atomic E-state index is 12.0. The molecule has 1 aliphatic heterocycles. The summed E-state index contributed by atoms with van der Waals surface area (Å²) < 4.78 is 5.29. The Hall–Kier alpha value is -3.47. The fourth-order valence-electron chi connectivity index (χ4n) is 1.93. The summed E-state index contributed by atoms with van der Waals surface area (Å²) in [6.07, 6.45) is 3.17. The normalized spacial score (nSPS) is 13.9. The number of aldehydes is 1. The van der Waals surface area contributed by atoms with Crippen LogP contribution >= 0.6 is 0 Å². The lowest BCUT2D eigenvalue weighted by atomic mass is 10.1. The monoisotopic (exact) mass is 328 g/mol. The van der Waals surface area contributed by atoms with Gasteiger partial charge in [0.15, 0.2) is 6.29 Å². The van der Waals surface area contributed by atoms with Crippen LogP contribution in [-0.2, 0) is 14.4 Å². The third-order valence-electron chi connectivity index (χ3n) is 3.08. The van der Waals surface area contributed by atoms with E-state index >= 15 is 0 Å². The average molecular weight is 328 g/mol. The molecule has 0 bridgehead atoms. The van der Waals surface area contributed by atoms with Crippen LogP contribution in [0.15, 0.2) is 30.4 Å². The van der Waals surface area contributed by atoms with Crippen molar-refractivity contribution in [1.82, 2.24) is 5.06 Å². The van der Waals surface area contributed by atoms with Gasteiger partial charge in [0, 0.05) is 18.9 Å². The SMILES string of the molecule is N#C/C=C/COc1ccc(C(=O)ON2C(=O)CCC2=O)cc1C=O. The topological polar surface area (TPSA) is 114 Å². The number of allylic oxidation sites excluding steroid dienone is 1. The minimum Gasteiger partial charge on any atom is -0.489 e. The molecule has 0 atom stereocenters. The fourth-order valence-corrected chi connectivity index (χ4v) is 1.93. The van der Waals surface area contributed by atoms with Crippen molar-refractivity contribution in [1.29, 1.82) is 5.26 Å². The van der Waals surface area contributed by atoms with Gasteiger partial charge >= 0.3 is 5.97 Å². The smallest absolute Gasteiger partial charge is 0.363 e. The Labute approximate surface area is 136 Å². The van der Waals surface area contributed by atoms with Crippen molar-refractivity contribution in [3.63, 3.8) is 0 Å². The fraction of sp³-hybridized carbons (Fsp3) is 0.188. The van der Waals surface area contributed by atoms with Crippen molar-refractivity contribution >= 4 is 24.1 Å². The molecule has 1 aromatic carbocycles. The Morgan fingerprint density at radius 1 is 1.29 bits per heavy atom. The van der Waals surface area contributed by atoms with Gasteiger partial charge in [-0.25, -0.2) is 4.79 Å². The number of benzene rings is 1. The van der Waals surface area contributed by atoms with Crippen molar-refractivity contribution in [2.45, 2.75) is 12.8 Å². The predicted molar refractivity (Wildman–Crippen MR) is 78.6 cm³/mol. The van der Waals surface area contributed by atoms with Gasteiger partial charge in [0.1, 0.15) is 12.4 Å². The number of rotatable bonds is 6. The van der Waals surface area contributed by atoms with Crippen molar-refractivity contribution in [3.05, 3.63) is 41.5 Å². The van der Waals surface area contributed by atoms with Crippen molar-refractivity contribution in [2.24, 2.45) is 0 Å². The summed E-state index contributed by atoms with van der Waals surface area (Å²) in [5, 5.41) is 8.79. The predicted octanol–water partition coefficient (Wildman–Crippen LogP) is 1.18. The van der Waals surface area contributed by atoms with Crippen molar-refractivity contribution in [2.75, 3.05) is 6.61 Å². The van der Waals surface area contributed by atoms with E-state index in [1.165, 1.54) is 30.4 Å². The Balaban J connectivity index is 2.10. The molecule has 1 aromatic rings. The third kappa shape index (κ3) is 3.84. The van der Waals surface area contributed by atoms with E-state index in [2.05, 4.69) is 0 Å². The molecule has 0 aromatic heterocycles. The number of hydroxylamine groups is 2. The molecule has 0 unspecified atom stereocenters. The van der Waals surface area contributed by atoms with Gasteiger partial charge in [-0.1, -0.05) is 0 Å². The van der Waals surface area contributed by atoms with Crippen LogP contribution in [0.25, 0.3) is 0 Å². The maximum absolute atomic E-state index is 12.0. The molecule has 0 N–H and O–H groups in total. The summed E-state index contributed by atoms with van der Waals surface area (Å²) >= 11 is 0. The van der Waals surface area contributed by atoms with Crippen LogP contribution in [0.5, 0.6) is 5.75 Å². The van der Waals surface area contributed by atoms with E-state index in [-0.39, 0.29) is 36.3 Å². The third-order valence-corrected chi connectivity index (χ3v) is 3.08. The number of amides is 2. The van der Waals surface area contributed by atoms with Gasteiger partial charge in [-0.15, -0.1) is 5.06 Å². The van der Waals surface area contributed by atoms with E-state index in [1.54, 1.807) is 6.07 Å². The molecular weight excluding hydrogens is 316 g/mol. The lowest BCUT2D eigenvalue weighted by Gasteiger charge is -2.13. The Kier molecular flexibility index (Phi) is 5.41. The first-order valence-electron chi connectivity index (χ1n) is 6.91. The molecule has 1 aliphatic rings. The molecule has 1 fully saturated rings. The summed E-state index contributed by atoms with van der Waals surface area (Å²) in [5.74, 6) is -1.89. The van der Waals surface area contributed by atoms with Gasteiger partial charge < -0.3 is 9.57 Å². The van der Waals surface area contributed by atoms with Crippen molar-refractivity contribution in [3.8, 4) is 11.8 Å². The second kappa shape index (κ2) is 7.69. The van der Waals surface area contributed by atoms with Crippen LogP contribution in [0.2, 0.25) is 0 Å². The number of nitriles is 1. The highest BCUT2D eigenvalue weighted by Crippen LogP contribution is 2.20. The van der Waals surface area contributed by atoms with Crippen LogP contribution in [-0.4, -0.2) is 35.7 Å². The molecule has 2 amide bonds. The number of hydrogen-bond donors (Lipinski definition) is 0. The maximum Gasteiger partial charge on any atom is 0.363 e. The Bertz CT molecular complexity index is 746. The van der Waals surface area contributed by atoms with Crippen LogP contribution < -0.4 is 4.74 Å². The summed E-state index contributed by atoms with van der Waals surface area (Å²) in [4.78, 5) is 50.7.